The number of imidazole rings is 1. The Hall–Kier alpha value is -2.78. The zero-order chi connectivity index (χ0) is 22.3. The maximum atomic E-state index is 13.3. The molecule has 3 aromatic heterocycles. The van der Waals surface area contributed by atoms with Crippen LogP contribution in [-0.2, 0) is 5.60 Å². The van der Waals surface area contributed by atoms with E-state index in [1.54, 1.807) is 26.1 Å². The third kappa shape index (κ3) is 5.64. The van der Waals surface area contributed by atoms with Gasteiger partial charge in [0.2, 0.25) is 0 Å². The van der Waals surface area contributed by atoms with Gasteiger partial charge in [-0.3, -0.25) is 0 Å². The van der Waals surface area contributed by atoms with Crippen LogP contribution in [0.4, 0.5) is 10.2 Å². The Bertz CT molecular complexity index is 964. The maximum Gasteiger partial charge on any atom is 0.165 e. The van der Waals surface area contributed by atoms with E-state index >= 15 is 0 Å². The summed E-state index contributed by atoms with van der Waals surface area (Å²) in [5.41, 5.74) is 6.12. The number of ether oxygens (including phenoxy) is 1. The number of nitrogens with two attached hydrogens (primary N) is 1. The number of fused-ring (bicyclic) bond motifs is 1. The summed E-state index contributed by atoms with van der Waals surface area (Å²) >= 11 is 0. The lowest BCUT2D eigenvalue weighted by atomic mass is 10.0. The number of nitrogen functional groups attached to an aromatic ring is 1. The molecular weight excluding hydrogens is 387 g/mol. The summed E-state index contributed by atoms with van der Waals surface area (Å²) in [6, 6.07) is 4.39. The fourth-order valence-electron chi connectivity index (χ4n) is 2.73. The van der Waals surface area contributed by atoms with Crippen LogP contribution in [0.25, 0.3) is 17.0 Å². The lowest BCUT2D eigenvalue weighted by Gasteiger charge is -2.19. The molecule has 0 saturated carbocycles. The molecule has 0 unspecified atom stereocenters. The van der Waals surface area contributed by atoms with Gasteiger partial charge in [0.05, 0.1) is 19.0 Å². The summed E-state index contributed by atoms with van der Waals surface area (Å²) in [7, 11) is 1.49. The molecule has 0 amide bonds. The quantitative estimate of drug-likeness (QED) is 0.506. The van der Waals surface area contributed by atoms with E-state index in [9.17, 15) is 9.50 Å². The van der Waals surface area contributed by atoms with Gasteiger partial charge in [-0.05, 0) is 45.5 Å². The number of halogens is 1. The fraction of sp³-hybridized carbons (Fsp3) is 0.476. The largest absolute Gasteiger partial charge is 0.495 e. The summed E-state index contributed by atoms with van der Waals surface area (Å²) in [6.07, 6.45) is 4.16. The van der Waals surface area contributed by atoms with E-state index in [1.807, 2.05) is 0 Å². The molecule has 0 radical (unpaired) electrons. The predicted molar refractivity (Wildman–Crippen MR) is 116 cm³/mol. The van der Waals surface area contributed by atoms with Crippen LogP contribution in [0.3, 0.4) is 0 Å². The van der Waals surface area contributed by atoms with E-state index < -0.39 is 11.4 Å². The van der Waals surface area contributed by atoms with Crippen LogP contribution in [0.2, 0.25) is 0 Å². The monoisotopic (exact) mass is 418 g/mol. The molecule has 3 aromatic rings. The predicted octanol–water partition coefficient (Wildman–Crippen LogP) is 3.14. The Balaban J connectivity index is 0.000000396. The zero-order valence-electron chi connectivity index (χ0n) is 18.2. The number of anilines is 1. The molecule has 0 fully saturated rings. The summed E-state index contributed by atoms with van der Waals surface area (Å²) in [4.78, 5) is 8.25. The van der Waals surface area contributed by atoms with Gasteiger partial charge in [0.1, 0.15) is 22.7 Å². The molecule has 4 N–H and O–H groups in total. The average Bonchev–Trinajstić information content (AvgIpc) is 3.12. The number of nitrogens with zero attached hydrogens (tertiary/aromatic N) is 4. The molecule has 0 aliphatic carbocycles. The Morgan fingerprint density at radius 2 is 2.03 bits per heavy atom. The molecule has 30 heavy (non-hydrogen) atoms. The second-order valence-electron chi connectivity index (χ2n) is 7.30. The Kier molecular flexibility index (Phi) is 8.08. The molecule has 0 spiro atoms. The smallest absolute Gasteiger partial charge is 0.165 e. The standard InChI is InChI=1S/C15H16FN5O2.C6H15N/c1-15(2,22)13-11(23-3)6-12-18-7-10(21(12)20-13)9-5-4-8(16)14(17)19-9;1-3-5-6-7-4-2/h4-7,22H,1-3H3,(H2,17,19);7H,3-6H2,1-2H3. The van der Waals surface area contributed by atoms with Crippen LogP contribution in [0.1, 0.15) is 46.2 Å². The Labute approximate surface area is 176 Å². The number of methoxy groups -OCH3 is 1. The molecule has 0 bridgehead atoms. The van der Waals surface area contributed by atoms with E-state index in [1.165, 1.54) is 43.1 Å². The first-order valence-electron chi connectivity index (χ1n) is 10.0. The van der Waals surface area contributed by atoms with Gasteiger partial charge in [-0.2, -0.15) is 5.10 Å². The van der Waals surface area contributed by atoms with Gasteiger partial charge in [0, 0.05) is 6.07 Å². The number of rotatable bonds is 7. The summed E-state index contributed by atoms with van der Waals surface area (Å²) in [5.74, 6) is -0.364. The maximum absolute atomic E-state index is 13.3. The van der Waals surface area contributed by atoms with Crippen molar-refractivity contribution >= 4 is 11.5 Å². The van der Waals surface area contributed by atoms with Crippen molar-refractivity contribution in [2.24, 2.45) is 0 Å². The molecule has 0 aliphatic rings. The molecule has 3 rings (SSSR count). The molecule has 9 heteroatoms. The van der Waals surface area contributed by atoms with Gasteiger partial charge in [-0.15, -0.1) is 0 Å². The second-order valence-corrected chi connectivity index (χ2v) is 7.30. The fourth-order valence-corrected chi connectivity index (χ4v) is 2.73. The molecule has 0 aromatic carbocycles. The lowest BCUT2D eigenvalue weighted by Crippen LogP contribution is -2.20. The van der Waals surface area contributed by atoms with Crippen LogP contribution in [0.15, 0.2) is 24.4 Å². The van der Waals surface area contributed by atoms with Crippen molar-refractivity contribution in [3.05, 3.63) is 35.9 Å². The lowest BCUT2D eigenvalue weighted by molar-refractivity contribution is 0.0694. The SMILES string of the molecule is CCCCNCC.COc1cc2ncc(-c3ccc(F)c(N)n3)n2nc1C(C)(C)O. The minimum absolute atomic E-state index is 0.200. The van der Waals surface area contributed by atoms with E-state index in [2.05, 4.69) is 34.2 Å². The minimum Gasteiger partial charge on any atom is -0.495 e. The zero-order valence-corrected chi connectivity index (χ0v) is 18.2. The first-order chi connectivity index (χ1) is 14.2. The van der Waals surface area contributed by atoms with Crippen molar-refractivity contribution in [3.63, 3.8) is 0 Å². The normalized spacial score (nSPS) is 11.3. The van der Waals surface area contributed by atoms with Gasteiger partial charge in [-0.25, -0.2) is 18.9 Å². The third-order valence-corrected chi connectivity index (χ3v) is 4.35. The minimum atomic E-state index is -1.21. The van der Waals surface area contributed by atoms with Crippen LogP contribution in [-0.4, -0.2) is 44.9 Å². The van der Waals surface area contributed by atoms with Crippen LogP contribution < -0.4 is 15.8 Å². The number of pyridine rings is 1. The first kappa shape index (κ1) is 23.5. The Morgan fingerprint density at radius 3 is 2.60 bits per heavy atom. The van der Waals surface area contributed by atoms with Crippen molar-refractivity contribution in [3.8, 4) is 17.1 Å². The van der Waals surface area contributed by atoms with Crippen molar-refractivity contribution in [2.45, 2.75) is 46.1 Å². The molecule has 8 nitrogen and oxygen atoms in total. The number of hydrogen-bond donors (Lipinski definition) is 3. The number of hydrogen-bond acceptors (Lipinski definition) is 7. The second kappa shape index (κ2) is 10.3. The van der Waals surface area contributed by atoms with E-state index in [0.717, 1.165) is 6.54 Å². The molecule has 0 saturated heterocycles. The third-order valence-electron chi connectivity index (χ3n) is 4.35. The van der Waals surface area contributed by atoms with Crippen molar-refractivity contribution < 1.29 is 14.2 Å². The van der Waals surface area contributed by atoms with E-state index in [4.69, 9.17) is 10.5 Å². The van der Waals surface area contributed by atoms with Crippen molar-refractivity contribution in [1.82, 2.24) is 24.9 Å². The van der Waals surface area contributed by atoms with Gasteiger partial charge in [0.25, 0.3) is 0 Å². The number of unbranched alkanes of at least 4 members (excludes halogenated alkanes) is 1. The number of aromatic nitrogens is 4. The highest BCUT2D eigenvalue weighted by molar-refractivity contribution is 5.62. The highest BCUT2D eigenvalue weighted by Gasteiger charge is 2.25. The summed E-state index contributed by atoms with van der Waals surface area (Å²) < 4.78 is 20.1. The van der Waals surface area contributed by atoms with Gasteiger partial charge >= 0.3 is 0 Å². The first-order valence-corrected chi connectivity index (χ1v) is 10.0. The highest BCUT2D eigenvalue weighted by Crippen LogP contribution is 2.30. The highest BCUT2D eigenvalue weighted by atomic mass is 19.1. The van der Waals surface area contributed by atoms with Gasteiger partial charge < -0.3 is 20.9 Å². The van der Waals surface area contributed by atoms with Gasteiger partial charge in [-0.1, -0.05) is 20.3 Å². The average molecular weight is 419 g/mol. The molecular formula is C21H31FN6O2. The molecule has 0 atom stereocenters. The topological polar surface area (TPSA) is 111 Å². The molecule has 164 valence electrons. The van der Waals surface area contributed by atoms with E-state index in [-0.39, 0.29) is 5.82 Å². The van der Waals surface area contributed by atoms with Crippen molar-refractivity contribution in [2.75, 3.05) is 25.9 Å². The van der Waals surface area contributed by atoms with Crippen LogP contribution >= 0.6 is 0 Å². The van der Waals surface area contributed by atoms with Crippen molar-refractivity contribution in [1.29, 1.82) is 0 Å². The van der Waals surface area contributed by atoms with Crippen LogP contribution in [0, 0.1) is 5.82 Å². The van der Waals surface area contributed by atoms with E-state index in [0.29, 0.717) is 28.5 Å². The van der Waals surface area contributed by atoms with Crippen LogP contribution in [0.5, 0.6) is 5.75 Å². The summed E-state index contributed by atoms with van der Waals surface area (Å²) in [5, 5.41) is 17.9. The molecule has 3 heterocycles. The Morgan fingerprint density at radius 1 is 1.30 bits per heavy atom. The summed E-state index contributed by atoms with van der Waals surface area (Å²) in [6.45, 7) is 9.85. The van der Waals surface area contributed by atoms with Gasteiger partial charge in [0.15, 0.2) is 17.3 Å². The number of nitrogens with one attached hydrogen (secondary N) is 1. The number of aliphatic hydroxyl groups is 1. The molecule has 0 aliphatic heterocycles.